The number of halogens is 3. The van der Waals surface area contributed by atoms with Gasteiger partial charge in [-0.05, 0) is 156 Å². The summed E-state index contributed by atoms with van der Waals surface area (Å²) in [6, 6.07) is 51.2. The fraction of sp³-hybridized carbons (Fsp3) is 0.167. The quantitative estimate of drug-likeness (QED) is 0.0340. The minimum atomic E-state index is -1.22. The molecule has 10 aromatic rings. The van der Waals surface area contributed by atoms with Crippen LogP contribution in [0.15, 0.2) is 209 Å². The van der Waals surface area contributed by atoms with Gasteiger partial charge in [-0.2, -0.15) is 4.39 Å². The van der Waals surface area contributed by atoms with Crippen molar-refractivity contribution in [3.05, 3.63) is 272 Å². The Morgan fingerprint density at radius 3 is 1.20 bits per heavy atom. The van der Waals surface area contributed by atoms with Gasteiger partial charge in [0.15, 0.2) is 17.1 Å². The molecule has 0 fully saturated rings. The zero-order chi connectivity index (χ0) is 79.9. The van der Waals surface area contributed by atoms with E-state index in [2.05, 4.69) is 79.6 Å². The van der Waals surface area contributed by atoms with Crippen LogP contribution in [0.4, 0.5) is 4.39 Å². The van der Waals surface area contributed by atoms with Gasteiger partial charge in [-0.25, -0.2) is 98.0 Å². The van der Waals surface area contributed by atoms with Crippen molar-refractivity contribution in [1.29, 1.82) is 0 Å². The lowest BCUT2D eigenvalue weighted by Crippen LogP contribution is -2.15. The van der Waals surface area contributed by atoms with Crippen molar-refractivity contribution in [2.75, 3.05) is 32.1 Å². The fourth-order valence-corrected chi connectivity index (χ4v) is 8.59. The molecule has 34 heteroatoms. The predicted molar refractivity (Wildman–Crippen MR) is 395 cm³/mol. The van der Waals surface area contributed by atoms with Gasteiger partial charge in [-0.3, -0.25) is 0 Å². The summed E-state index contributed by atoms with van der Waals surface area (Å²) in [5, 5.41) is 78.7. The zero-order valence-electron chi connectivity index (χ0n) is 58.0. The third kappa shape index (κ3) is 35.6. The number of aromatic carboxylic acids is 9. The van der Waals surface area contributed by atoms with Gasteiger partial charge in [0.05, 0.1) is 17.2 Å². The summed E-state index contributed by atoms with van der Waals surface area (Å²) in [7, 11) is 0.505. The van der Waals surface area contributed by atoms with Crippen molar-refractivity contribution in [3.8, 4) is 17.5 Å². The molecule has 106 heavy (non-hydrogen) atoms. The fourth-order valence-electron chi connectivity index (χ4n) is 6.82. The first-order chi connectivity index (χ1) is 49.8. The summed E-state index contributed by atoms with van der Waals surface area (Å²) in [6.07, 6.45) is 8.11. The summed E-state index contributed by atoms with van der Waals surface area (Å²) in [5.41, 5.74) is 1.64. The van der Waals surface area contributed by atoms with Crippen LogP contribution in [0.3, 0.4) is 0 Å². The highest BCUT2D eigenvalue weighted by molar-refractivity contribution is 9.10. The van der Waals surface area contributed by atoms with Crippen LogP contribution in [0, 0.1) is 5.95 Å². The summed E-state index contributed by atoms with van der Waals surface area (Å²) in [6.45, 7) is 9.96. The Hall–Kier alpha value is -12.2. The highest BCUT2D eigenvalue weighted by Crippen LogP contribution is 2.43. The lowest BCUT2D eigenvalue weighted by molar-refractivity contribution is 0.0678. The van der Waals surface area contributed by atoms with E-state index in [1.165, 1.54) is 85.6 Å². The standard InChI is InChI=1S/C12H9NO3.C10H13NO2.C9H13NO2S.C9H11NO2.C7H7NO3.C7H7NO2S.C6H4BrNO2.C6H4ClNO2.C6H4FNO2/c14-12(15)10-7-4-8-11(13-10)16-9-5-2-1-3-6-9;1-10(2,3)8-6-4-5-7(11-8)9(12)13;1-13(2,3)8-6-4-5-7(10-8)9(11)12;1-6(2)7-4-3-5-8(10-7)9(11)12;2*1-11-6-4-2-3-5(8-6)7(9)10;3*7-5-3-1-2-4(8-5)6(9)10/h1-8H,(H,14,15);4-6H,1-3H3,(H,12,13);4-6H,1-3H3,(H,11,12);3-6H,1-2H3,(H,11,12);2*2-4H,1H3,(H,9,10);3*1-3H,(H,9,10). The number of rotatable bonds is 15. The molecule has 0 unspecified atom stereocenters. The molecule has 9 heterocycles. The number of ether oxygens (including phenoxy) is 2. The number of hydrogen-bond donors (Lipinski definition) is 9. The highest BCUT2D eigenvalue weighted by Gasteiger charge is 2.18. The maximum absolute atomic E-state index is 12.2. The van der Waals surface area contributed by atoms with E-state index in [1.54, 1.807) is 84.9 Å². The van der Waals surface area contributed by atoms with Gasteiger partial charge < -0.3 is 55.4 Å². The summed E-state index contributed by atoms with van der Waals surface area (Å²) in [5.74, 6) is -8.64. The van der Waals surface area contributed by atoms with Gasteiger partial charge in [0.1, 0.15) is 49.7 Å². The lowest BCUT2D eigenvalue weighted by Gasteiger charge is -2.24. The Balaban J connectivity index is 0.000000407. The average Bonchev–Trinajstić information content (AvgIpc) is 0.848. The van der Waals surface area contributed by atoms with Gasteiger partial charge in [-0.15, -0.1) is 11.8 Å². The molecule has 0 aliphatic rings. The maximum atomic E-state index is 12.2. The van der Waals surface area contributed by atoms with Crippen LogP contribution >= 0.6 is 49.3 Å². The molecule has 0 bridgehead atoms. The number of aromatic nitrogens is 9. The Kier molecular flexibility index (Phi) is 38.8. The Morgan fingerprint density at radius 1 is 0.425 bits per heavy atom. The van der Waals surface area contributed by atoms with E-state index in [9.17, 15) is 47.5 Å². The van der Waals surface area contributed by atoms with Crippen molar-refractivity contribution in [2.24, 2.45) is 0 Å². The predicted octanol–water partition coefficient (Wildman–Crippen LogP) is 14.6. The van der Waals surface area contributed by atoms with Crippen LogP contribution in [0.2, 0.25) is 5.15 Å². The minimum Gasteiger partial charge on any atom is -0.481 e. The lowest BCUT2D eigenvalue weighted by atomic mass is 9.91. The van der Waals surface area contributed by atoms with E-state index in [4.69, 9.17) is 67.0 Å². The third-order valence-corrected chi connectivity index (χ3v) is 14.7. The number of para-hydroxylation sites is 1. The van der Waals surface area contributed by atoms with E-state index in [1.807, 2.05) is 77.3 Å². The van der Waals surface area contributed by atoms with Crippen molar-refractivity contribution in [2.45, 2.75) is 56.0 Å². The average molecular weight is 1580 g/mol. The monoisotopic (exact) mass is 1580 g/mol. The zero-order valence-corrected chi connectivity index (χ0v) is 62.0. The molecule has 0 amide bonds. The topological polar surface area (TPSA) is 470 Å². The van der Waals surface area contributed by atoms with Crippen LogP contribution in [-0.2, 0) is 5.41 Å². The number of carboxylic acid groups (broad SMARTS) is 9. The van der Waals surface area contributed by atoms with E-state index in [0.717, 1.165) is 27.5 Å². The minimum absolute atomic E-state index is 0.00986. The summed E-state index contributed by atoms with van der Waals surface area (Å²) >= 11 is 9.90. The number of nitrogens with zero attached hydrogens (tertiary/aromatic N) is 9. The molecular formula is C72H72BrClFN9O20S2. The number of benzene rings is 1. The second-order valence-corrected chi connectivity index (χ2v) is 28.3. The molecule has 0 spiro atoms. The summed E-state index contributed by atoms with van der Waals surface area (Å²) < 4.78 is 22.8. The smallest absolute Gasteiger partial charge is 0.354 e. The Bertz CT molecular complexity index is 4340. The second kappa shape index (κ2) is 45.7. The Labute approximate surface area is 625 Å². The van der Waals surface area contributed by atoms with Crippen LogP contribution in [0.5, 0.6) is 17.5 Å². The van der Waals surface area contributed by atoms with Crippen molar-refractivity contribution >= 4 is 103 Å². The van der Waals surface area contributed by atoms with Crippen LogP contribution in [-0.4, -0.2) is 177 Å². The van der Waals surface area contributed by atoms with Gasteiger partial charge in [-0.1, -0.05) is 119 Å². The molecule has 10 rings (SSSR count). The summed E-state index contributed by atoms with van der Waals surface area (Å²) in [4.78, 5) is 128. The largest absolute Gasteiger partial charge is 0.481 e. The number of hydrogen-bond acceptors (Lipinski definition) is 21. The van der Waals surface area contributed by atoms with E-state index >= 15 is 0 Å². The third-order valence-electron chi connectivity index (χ3n) is 11.9. The van der Waals surface area contributed by atoms with Gasteiger partial charge in [0.2, 0.25) is 17.7 Å². The van der Waals surface area contributed by atoms with Crippen LogP contribution in [0.1, 0.15) is 146 Å². The molecule has 0 saturated carbocycles. The molecular weight excluding hydrogens is 1510 g/mol. The normalized spacial score (nSPS) is 10.1. The van der Waals surface area contributed by atoms with Crippen molar-refractivity contribution in [3.63, 3.8) is 0 Å². The van der Waals surface area contributed by atoms with E-state index in [-0.39, 0.29) is 73.6 Å². The molecule has 0 saturated heterocycles. The number of carbonyl (C=O) groups is 9. The molecule has 1 aromatic carbocycles. The SMILES string of the molecule is CC(C)(C)c1cccc(C(=O)O)n1.CC(C)c1cccc(C(=O)O)n1.COc1cccc(C(=O)O)n1.CS(C)(C)c1cccc(C(=O)O)n1.CSc1cccc(C(=O)O)n1.O=C(O)c1cccc(Br)n1.O=C(O)c1cccc(Cl)n1.O=C(O)c1cccc(F)n1.O=C(O)c1cccc(Oc2ccccc2)n1. The second-order valence-electron chi connectivity index (χ2n) is 22.1. The first-order valence-corrected chi connectivity index (χ1v) is 35.3. The van der Waals surface area contributed by atoms with Crippen LogP contribution < -0.4 is 9.47 Å². The number of pyridine rings is 9. The van der Waals surface area contributed by atoms with Gasteiger partial charge >= 0.3 is 53.7 Å². The maximum Gasteiger partial charge on any atom is 0.354 e. The molecule has 558 valence electrons. The molecule has 29 nitrogen and oxygen atoms in total. The number of methoxy groups -OCH3 is 1. The molecule has 9 aromatic heterocycles. The highest BCUT2D eigenvalue weighted by atomic mass is 79.9. The first-order valence-electron chi connectivity index (χ1n) is 30.1. The van der Waals surface area contributed by atoms with Crippen molar-refractivity contribution < 1.29 is 103 Å². The molecule has 0 aliphatic heterocycles. The Morgan fingerprint density at radius 2 is 0.792 bits per heavy atom. The molecule has 0 atom stereocenters. The number of thioether (sulfide) groups is 1. The van der Waals surface area contributed by atoms with E-state index in [0.29, 0.717) is 16.2 Å². The van der Waals surface area contributed by atoms with Gasteiger partial charge in [0, 0.05) is 28.9 Å². The molecule has 9 N–H and O–H groups in total. The molecule has 0 radical (unpaired) electrons. The first kappa shape index (κ1) is 89.9. The van der Waals surface area contributed by atoms with E-state index < -0.39 is 69.7 Å². The van der Waals surface area contributed by atoms with Crippen molar-refractivity contribution in [1.82, 2.24) is 44.9 Å². The van der Waals surface area contributed by atoms with Crippen LogP contribution in [0.25, 0.3) is 0 Å². The number of carboxylic acids is 9. The van der Waals surface area contributed by atoms with Gasteiger partial charge in [0.25, 0.3) is 0 Å². The molecule has 0 aliphatic carbocycles.